The number of nitriles is 2. The van der Waals surface area contributed by atoms with Crippen molar-refractivity contribution in [3.8, 4) is 34.6 Å². The molecule has 0 aliphatic rings. The molecule has 5 heterocycles. The summed E-state index contributed by atoms with van der Waals surface area (Å²) in [6.45, 7) is 8.15. The number of fused-ring (bicyclic) bond motifs is 4. The summed E-state index contributed by atoms with van der Waals surface area (Å²) in [7, 11) is 0. The van der Waals surface area contributed by atoms with Crippen LogP contribution >= 0.6 is 39.1 Å². The average molecular weight is 809 g/mol. The fourth-order valence-electron chi connectivity index (χ4n) is 7.09. The number of hydrogen-bond donors (Lipinski definition) is 1. The molecule has 0 bridgehead atoms. The van der Waals surface area contributed by atoms with Crippen molar-refractivity contribution in [3.05, 3.63) is 146 Å². The first-order valence-electron chi connectivity index (χ1n) is 16.9. The van der Waals surface area contributed by atoms with Crippen LogP contribution in [0, 0.1) is 50.4 Å². The Labute approximate surface area is 329 Å². The molecule has 0 aliphatic carbocycles. The molecular formula is C43H29BrCl2N8. The van der Waals surface area contributed by atoms with Gasteiger partial charge in [0.15, 0.2) is 0 Å². The number of aryl methyl sites for hydroxylation is 2. The average Bonchev–Trinajstić information content (AvgIpc) is 3.94. The van der Waals surface area contributed by atoms with E-state index in [0.29, 0.717) is 21.2 Å². The summed E-state index contributed by atoms with van der Waals surface area (Å²) in [5, 5.41) is 31.2. The topological polar surface area (TPSA) is 112 Å². The van der Waals surface area contributed by atoms with E-state index in [2.05, 4.69) is 72.3 Å². The van der Waals surface area contributed by atoms with Crippen LogP contribution < -0.4 is 0 Å². The third kappa shape index (κ3) is 5.97. The van der Waals surface area contributed by atoms with Gasteiger partial charge in [0.1, 0.15) is 0 Å². The molecule has 54 heavy (non-hydrogen) atoms. The van der Waals surface area contributed by atoms with Crippen LogP contribution in [0.25, 0.3) is 66.1 Å². The van der Waals surface area contributed by atoms with Gasteiger partial charge in [0.2, 0.25) is 0 Å². The van der Waals surface area contributed by atoms with Crippen LogP contribution in [0.15, 0.2) is 102 Å². The lowest BCUT2D eigenvalue weighted by Crippen LogP contribution is -2.02. The predicted molar refractivity (Wildman–Crippen MR) is 221 cm³/mol. The molecule has 11 heteroatoms. The maximum atomic E-state index is 9.73. The molecule has 0 aliphatic heterocycles. The Hall–Kier alpha value is -5.97. The number of aromatic amines is 1. The van der Waals surface area contributed by atoms with Crippen LogP contribution in [0.2, 0.25) is 10.0 Å². The summed E-state index contributed by atoms with van der Waals surface area (Å²) < 4.78 is 5.12. The molecule has 1 N–H and O–H groups in total. The van der Waals surface area contributed by atoms with E-state index < -0.39 is 0 Å². The highest BCUT2D eigenvalue weighted by atomic mass is 79.9. The number of rotatable bonds is 3. The van der Waals surface area contributed by atoms with Gasteiger partial charge in [-0.25, -0.2) is 0 Å². The van der Waals surface area contributed by atoms with Gasteiger partial charge in [-0.05, 0) is 117 Å². The van der Waals surface area contributed by atoms with Crippen molar-refractivity contribution >= 4 is 82.7 Å². The van der Waals surface area contributed by atoms with Crippen LogP contribution in [0.1, 0.15) is 33.6 Å². The molecule has 0 unspecified atom stereocenters. The van der Waals surface area contributed by atoms with Crippen LogP contribution in [-0.2, 0) is 0 Å². The van der Waals surface area contributed by atoms with E-state index in [1.807, 2.05) is 99.2 Å². The van der Waals surface area contributed by atoms with E-state index in [0.717, 1.165) is 93.1 Å². The smallest absolute Gasteiger partial charge is 0.0999 e. The Morgan fingerprint density at radius 2 is 1.15 bits per heavy atom. The second-order valence-corrected chi connectivity index (χ2v) is 14.9. The second-order valence-electron chi connectivity index (χ2n) is 13.1. The minimum Gasteiger partial charge on any atom is -0.315 e. The summed E-state index contributed by atoms with van der Waals surface area (Å²) in [4.78, 5) is 9.41. The SMILES string of the molecule is Cc1nc2ccc(Cl)cc2c(-n2ccc3c(C#N)cc(-c4cn[nH]c4)cc32)c1C.Cc1nc2ccc(Cl)cc2c(-n2ccc3c(C#N)cc(Br)cc32)c1C. The van der Waals surface area contributed by atoms with E-state index in [1.165, 1.54) is 0 Å². The maximum Gasteiger partial charge on any atom is 0.0999 e. The Kier molecular flexibility index (Phi) is 8.95. The Morgan fingerprint density at radius 1 is 0.630 bits per heavy atom. The maximum absolute atomic E-state index is 9.73. The lowest BCUT2D eigenvalue weighted by atomic mass is 10.0. The van der Waals surface area contributed by atoms with Crippen molar-refractivity contribution < 1.29 is 0 Å². The highest BCUT2D eigenvalue weighted by Crippen LogP contribution is 2.36. The van der Waals surface area contributed by atoms with Crippen LogP contribution in [0.5, 0.6) is 0 Å². The standard InChI is InChI=1S/C23H16ClN5.C20H13BrClN3/c1-13-14(2)28-21-4-3-18(24)9-20(21)23(13)29-6-5-19-16(10-25)7-15(8-22(19)29)17-11-26-27-12-17;1-11-12(2)24-18-4-3-15(22)9-17(18)20(11)25-6-5-16-13(10-23)7-14(21)8-19(16)25/h3-9,11-12H,1-2H3,(H,26,27);3-9H,1-2H3. The highest BCUT2D eigenvalue weighted by Gasteiger charge is 2.18. The van der Waals surface area contributed by atoms with Gasteiger partial charge in [-0.15, -0.1) is 0 Å². The van der Waals surface area contributed by atoms with Crippen molar-refractivity contribution in [2.75, 3.05) is 0 Å². The zero-order chi connectivity index (χ0) is 37.8. The third-order valence-corrected chi connectivity index (χ3v) is 10.9. The number of H-pyrrole nitrogens is 1. The van der Waals surface area contributed by atoms with Crippen molar-refractivity contribution in [2.24, 2.45) is 0 Å². The second kappa shape index (κ2) is 13.8. The van der Waals surface area contributed by atoms with E-state index in [4.69, 9.17) is 28.2 Å². The van der Waals surface area contributed by atoms with E-state index in [9.17, 15) is 10.5 Å². The predicted octanol–water partition coefficient (Wildman–Crippen LogP) is 11.8. The molecule has 8 nitrogen and oxygen atoms in total. The normalized spacial score (nSPS) is 11.2. The summed E-state index contributed by atoms with van der Waals surface area (Å²) in [6, 6.07) is 27.9. The number of pyridine rings is 2. The lowest BCUT2D eigenvalue weighted by Gasteiger charge is -2.16. The number of benzene rings is 4. The van der Waals surface area contributed by atoms with Gasteiger partial charge in [0.05, 0.1) is 62.9 Å². The van der Waals surface area contributed by atoms with E-state index in [1.54, 1.807) is 6.20 Å². The lowest BCUT2D eigenvalue weighted by molar-refractivity contribution is 1.08. The number of halogens is 3. The summed E-state index contributed by atoms with van der Waals surface area (Å²) in [6.07, 6.45) is 7.59. The molecule has 9 aromatic rings. The van der Waals surface area contributed by atoms with Gasteiger partial charge in [-0.1, -0.05) is 39.1 Å². The number of hydrogen-bond acceptors (Lipinski definition) is 5. The summed E-state index contributed by atoms with van der Waals surface area (Å²) >= 11 is 16.1. The first-order chi connectivity index (χ1) is 26.1. The van der Waals surface area contributed by atoms with E-state index >= 15 is 0 Å². The molecule has 262 valence electrons. The van der Waals surface area contributed by atoms with Crippen molar-refractivity contribution in [1.82, 2.24) is 29.3 Å². The van der Waals surface area contributed by atoms with Gasteiger partial charge < -0.3 is 9.13 Å². The van der Waals surface area contributed by atoms with Crippen LogP contribution in [0.4, 0.5) is 0 Å². The molecule has 4 aromatic carbocycles. The molecule has 0 atom stereocenters. The fourth-order valence-corrected chi connectivity index (χ4v) is 7.88. The monoisotopic (exact) mass is 806 g/mol. The molecule has 0 radical (unpaired) electrons. The van der Waals surface area contributed by atoms with E-state index in [-0.39, 0.29) is 0 Å². The fraction of sp³-hybridized carbons (Fsp3) is 0.0930. The van der Waals surface area contributed by atoms with Gasteiger partial charge in [0, 0.05) is 71.6 Å². The Morgan fingerprint density at radius 3 is 1.65 bits per heavy atom. The molecule has 5 aromatic heterocycles. The minimum absolute atomic E-state index is 0.628. The Bertz CT molecular complexity index is 3050. The largest absolute Gasteiger partial charge is 0.315 e. The van der Waals surface area contributed by atoms with Crippen LogP contribution in [0.3, 0.4) is 0 Å². The number of aromatic nitrogens is 6. The van der Waals surface area contributed by atoms with Crippen molar-refractivity contribution in [2.45, 2.75) is 27.7 Å². The zero-order valence-electron chi connectivity index (χ0n) is 29.5. The van der Waals surface area contributed by atoms with Gasteiger partial charge in [-0.3, -0.25) is 15.1 Å². The third-order valence-electron chi connectivity index (χ3n) is 9.93. The minimum atomic E-state index is 0.628. The molecular weight excluding hydrogens is 779 g/mol. The quantitative estimate of drug-likeness (QED) is 0.191. The first-order valence-corrected chi connectivity index (χ1v) is 18.5. The number of nitrogens with zero attached hydrogens (tertiary/aromatic N) is 7. The van der Waals surface area contributed by atoms with Crippen molar-refractivity contribution in [1.29, 1.82) is 10.5 Å². The molecule has 0 amide bonds. The summed E-state index contributed by atoms with van der Waals surface area (Å²) in [5.41, 5.74) is 13.0. The summed E-state index contributed by atoms with van der Waals surface area (Å²) in [5.74, 6) is 0. The molecule has 0 fully saturated rings. The Balaban J connectivity index is 0.000000155. The van der Waals surface area contributed by atoms with Crippen LogP contribution in [-0.4, -0.2) is 29.3 Å². The zero-order valence-corrected chi connectivity index (χ0v) is 32.6. The molecule has 9 rings (SSSR count). The van der Waals surface area contributed by atoms with Crippen molar-refractivity contribution in [3.63, 3.8) is 0 Å². The molecule has 0 saturated heterocycles. The van der Waals surface area contributed by atoms with Gasteiger partial charge in [-0.2, -0.15) is 15.6 Å². The molecule has 0 spiro atoms. The molecule has 0 saturated carbocycles. The number of nitrogens with one attached hydrogen (secondary N) is 1. The highest BCUT2D eigenvalue weighted by molar-refractivity contribution is 9.10. The van der Waals surface area contributed by atoms with Gasteiger partial charge in [0.25, 0.3) is 0 Å². The van der Waals surface area contributed by atoms with Gasteiger partial charge >= 0.3 is 0 Å². The first kappa shape index (κ1) is 35.1.